The van der Waals surface area contributed by atoms with E-state index >= 15 is 0 Å². The number of amides is 1. The minimum Gasteiger partial charge on any atom is -0.481 e. The van der Waals surface area contributed by atoms with Gasteiger partial charge in [-0.1, -0.05) is 11.6 Å². The normalized spacial score (nSPS) is 9.95. The molecule has 0 aliphatic carbocycles. The van der Waals surface area contributed by atoms with Crippen LogP contribution in [0.2, 0.25) is 5.15 Å². The molecule has 0 saturated heterocycles. The predicted molar refractivity (Wildman–Crippen MR) is 65.1 cm³/mol. The van der Waals surface area contributed by atoms with Crippen LogP contribution in [0.15, 0.2) is 12.3 Å². The molecule has 8 nitrogen and oxygen atoms in total. The Morgan fingerprint density at radius 2 is 2.21 bits per heavy atom. The second kappa shape index (κ2) is 6.64. The van der Waals surface area contributed by atoms with Gasteiger partial charge in [0.1, 0.15) is 5.56 Å². The second-order valence-electron chi connectivity index (χ2n) is 3.51. The molecule has 102 valence electrons. The first-order chi connectivity index (χ1) is 8.93. The van der Waals surface area contributed by atoms with Gasteiger partial charge in [0.15, 0.2) is 0 Å². The van der Waals surface area contributed by atoms with Gasteiger partial charge < -0.3 is 10.4 Å². The number of hydrogen-bond acceptors (Lipinski definition) is 5. The van der Waals surface area contributed by atoms with E-state index in [9.17, 15) is 19.7 Å². The summed E-state index contributed by atoms with van der Waals surface area (Å²) in [6.45, 7) is 0.0994. The van der Waals surface area contributed by atoms with Crippen LogP contribution in [0.3, 0.4) is 0 Å². The highest BCUT2D eigenvalue weighted by Gasteiger charge is 2.24. The number of aliphatic carboxylic acids is 1. The Balaban J connectivity index is 2.74. The number of nitro groups is 1. The lowest BCUT2D eigenvalue weighted by Gasteiger charge is -2.05. The van der Waals surface area contributed by atoms with E-state index in [2.05, 4.69) is 10.3 Å². The van der Waals surface area contributed by atoms with E-state index in [1.165, 1.54) is 12.3 Å². The number of halogens is 1. The van der Waals surface area contributed by atoms with Gasteiger partial charge >= 0.3 is 11.7 Å². The first-order valence-corrected chi connectivity index (χ1v) is 5.60. The summed E-state index contributed by atoms with van der Waals surface area (Å²) < 4.78 is 0. The lowest BCUT2D eigenvalue weighted by Crippen LogP contribution is -2.25. The van der Waals surface area contributed by atoms with Crippen molar-refractivity contribution in [3.63, 3.8) is 0 Å². The zero-order valence-corrected chi connectivity index (χ0v) is 10.4. The molecule has 0 aliphatic heterocycles. The molecular weight excluding hydrogens is 278 g/mol. The first kappa shape index (κ1) is 14.8. The van der Waals surface area contributed by atoms with Crippen LogP contribution >= 0.6 is 11.6 Å². The Morgan fingerprint density at radius 3 is 2.79 bits per heavy atom. The lowest BCUT2D eigenvalue weighted by molar-refractivity contribution is -0.385. The largest absolute Gasteiger partial charge is 0.481 e. The molecule has 1 heterocycles. The molecule has 9 heteroatoms. The number of nitrogens with zero attached hydrogens (tertiary/aromatic N) is 2. The van der Waals surface area contributed by atoms with Crippen molar-refractivity contribution in [3.05, 3.63) is 33.1 Å². The van der Waals surface area contributed by atoms with Gasteiger partial charge in [0.05, 0.1) is 4.92 Å². The monoisotopic (exact) mass is 287 g/mol. The van der Waals surface area contributed by atoms with Gasteiger partial charge in [-0.25, -0.2) is 4.98 Å². The molecule has 1 aromatic heterocycles. The minimum atomic E-state index is -0.979. The Hall–Kier alpha value is -2.22. The van der Waals surface area contributed by atoms with Crippen molar-refractivity contribution < 1.29 is 19.6 Å². The fourth-order valence-corrected chi connectivity index (χ4v) is 1.55. The predicted octanol–water partition coefficient (Wildman–Crippen LogP) is 1.24. The van der Waals surface area contributed by atoms with Crippen LogP contribution in [0.5, 0.6) is 0 Å². The topological polar surface area (TPSA) is 122 Å². The zero-order valence-electron chi connectivity index (χ0n) is 9.63. The Labute approximate surface area is 112 Å². The summed E-state index contributed by atoms with van der Waals surface area (Å²) >= 11 is 5.56. The molecule has 0 atom stereocenters. The van der Waals surface area contributed by atoms with E-state index in [0.717, 1.165) is 0 Å². The number of rotatable bonds is 6. The van der Waals surface area contributed by atoms with Crippen molar-refractivity contribution >= 4 is 29.2 Å². The van der Waals surface area contributed by atoms with E-state index in [4.69, 9.17) is 16.7 Å². The summed E-state index contributed by atoms with van der Waals surface area (Å²) in [7, 11) is 0. The number of carbonyl (C=O) groups excluding carboxylic acids is 1. The molecule has 0 aromatic carbocycles. The van der Waals surface area contributed by atoms with E-state index in [0.29, 0.717) is 0 Å². The van der Waals surface area contributed by atoms with Crippen molar-refractivity contribution in [1.29, 1.82) is 0 Å². The van der Waals surface area contributed by atoms with Crippen molar-refractivity contribution in [2.24, 2.45) is 0 Å². The molecule has 1 rings (SSSR count). The second-order valence-corrected chi connectivity index (χ2v) is 3.87. The highest BCUT2D eigenvalue weighted by Crippen LogP contribution is 2.25. The van der Waals surface area contributed by atoms with Crippen LogP contribution in [0.4, 0.5) is 5.69 Å². The number of pyridine rings is 1. The molecule has 1 amide bonds. The van der Waals surface area contributed by atoms with Crippen molar-refractivity contribution in [1.82, 2.24) is 10.3 Å². The fourth-order valence-electron chi connectivity index (χ4n) is 1.32. The van der Waals surface area contributed by atoms with Crippen molar-refractivity contribution in [2.45, 2.75) is 12.8 Å². The molecule has 0 saturated carbocycles. The number of nitrogens with one attached hydrogen (secondary N) is 1. The minimum absolute atomic E-state index is 0.0977. The van der Waals surface area contributed by atoms with Crippen LogP contribution in [0.1, 0.15) is 23.2 Å². The summed E-state index contributed by atoms with van der Waals surface area (Å²) in [5, 5.41) is 21.2. The number of aromatic nitrogens is 1. The number of carboxylic acids is 1. The van der Waals surface area contributed by atoms with Crippen LogP contribution in [-0.4, -0.2) is 33.4 Å². The number of carboxylic acid groups (broad SMARTS) is 1. The highest BCUT2D eigenvalue weighted by molar-refractivity contribution is 6.32. The van der Waals surface area contributed by atoms with E-state index < -0.39 is 22.5 Å². The molecule has 1 aromatic rings. The molecule has 0 fully saturated rings. The zero-order chi connectivity index (χ0) is 14.4. The van der Waals surface area contributed by atoms with E-state index in [1.54, 1.807) is 0 Å². The maximum Gasteiger partial charge on any atom is 0.319 e. The van der Waals surface area contributed by atoms with Crippen LogP contribution in [-0.2, 0) is 4.79 Å². The maximum absolute atomic E-state index is 11.7. The Bertz CT molecular complexity index is 520. The molecule has 2 N–H and O–H groups in total. The summed E-state index contributed by atoms with van der Waals surface area (Å²) in [5.41, 5.74) is -0.778. The summed E-state index contributed by atoms with van der Waals surface area (Å²) in [6, 6.07) is 1.18. The molecule has 19 heavy (non-hydrogen) atoms. The van der Waals surface area contributed by atoms with Gasteiger partial charge in [-0.05, 0) is 12.5 Å². The summed E-state index contributed by atoms with van der Waals surface area (Å²) in [4.78, 5) is 35.5. The standard InChI is InChI=1S/C10H10ClN3O5/c11-9-8(14(18)19)6(3-5-12-9)10(17)13-4-1-2-7(15)16/h3,5H,1-2,4H2,(H,13,17)(H,15,16). The first-order valence-electron chi connectivity index (χ1n) is 5.22. The van der Waals surface area contributed by atoms with Gasteiger partial charge in [-0.2, -0.15) is 0 Å². The average molecular weight is 288 g/mol. The molecule has 0 bridgehead atoms. The molecule has 0 radical (unpaired) electrons. The molecule has 0 aliphatic rings. The Kier molecular flexibility index (Phi) is 5.19. The molecule has 0 unspecified atom stereocenters. The maximum atomic E-state index is 11.7. The van der Waals surface area contributed by atoms with Crippen LogP contribution < -0.4 is 5.32 Å². The van der Waals surface area contributed by atoms with Crippen molar-refractivity contribution in [2.75, 3.05) is 6.54 Å². The van der Waals surface area contributed by atoms with Gasteiger partial charge in [0.25, 0.3) is 5.91 Å². The average Bonchev–Trinajstić information content (AvgIpc) is 2.33. The Morgan fingerprint density at radius 1 is 1.53 bits per heavy atom. The third-order valence-corrected chi connectivity index (χ3v) is 2.44. The van der Waals surface area contributed by atoms with Gasteiger partial charge in [0.2, 0.25) is 5.15 Å². The van der Waals surface area contributed by atoms with Crippen LogP contribution in [0, 0.1) is 10.1 Å². The van der Waals surface area contributed by atoms with Gasteiger partial charge in [-0.15, -0.1) is 0 Å². The smallest absolute Gasteiger partial charge is 0.319 e. The number of carbonyl (C=O) groups is 2. The third-order valence-electron chi connectivity index (χ3n) is 2.16. The fraction of sp³-hybridized carbons (Fsp3) is 0.300. The lowest BCUT2D eigenvalue weighted by atomic mass is 10.2. The molecule has 0 spiro atoms. The quantitative estimate of drug-likeness (QED) is 0.351. The van der Waals surface area contributed by atoms with Crippen LogP contribution in [0.25, 0.3) is 0 Å². The summed E-state index contributed by atoms with van der Waals surface area (Å²) in [6.07, 6.45) is 1.31. The van der Waals surface area contributed by atoms with E-state index in [-0.39, 0.29) is 30.1 Å². The van der Waals surface area contributed by atoms with Crippen molar-refractivity contribution in [3.8, 4) is 0 Å². The SMILES string of the molecule is O=C(O)CCCNC(=O)c1ccnc(Cl)c1[N+](=O)[O-]. The summed E-state index contributed by atoms with van der Waals surface area (Å²) in [5.74, 6) is -1.67. The van der Waals surface area contributed by atoms with E-state index in [1.807, 2.05) is 0 Å². The van der Waals surface area contributed by atoms with Gasteiger partial charge in [0, 0.05) is 19.2 Å². The highest BCUT2D eigenvalue weighted by atomic mass is 35.5. The van der Waals surface area contributed by atoms with Gasteiger partial charge in [-0.3, -0.25) is 19.7 Å². The number of hydrogen-bond donors (Lipinski definition) is 2. The third kappa shape index (κ3) is 4.18. The molecular formula is C10H10ClN3O5.